The average molecular weight is 418 g/mol. The summed E-state index contributed by atoms with van der Waals surface area (Å²) >= 11 is 1.72. The number of H-pyrrole nitrogens is 1. The molecule has 152 valence electrons. The molecule has 0 spiro atoms. The monoisotopic (exact) mass is 417 g/mol. The van der Waals surface area contributed by atoms with E-state index in [2.05, 4.69) is 57.3 Å². The van der Waals surface area contributed by atoms with Crippen molar-refractivity contribution in [3.05, 3.63) is 71.3 Å². The summed E-state index contributed by atoms with van der Waals surface area (Å²) in [5, 5.41) is 15.6. The van der Waals surface area contributed by atoms with Crippen LogP contribution in [0.15, 0.2) is 60.0 Å². The third-order valence-corrected chi connectivity index (χ3v) is 6.79. The van der Waals surface area contributed by atoms with E-state index >= 15 is 0 Å². The number of nitrogens with one attached hydrogen (secondary N) is 2. The van der Waals surface area contributed by atoms with E-state index in [9.17, 15) is 4.79 Å². The number of amides is 1. The standard InChI is InChI=1S/C24H23N3O2S/c1-29-24-20(25-21(28)14-18-7-4-12-30-18)11-10-19-22(24)23(27-26-19)17-9-8-15-5-2-3-6-16(15)13-17/h2-6,8-13,18,20,24H,7,14H2,1H3,(H,25,28)(H,26,27). The number of ether oxygens (including phenoxy) is 1. The molecule has 3 unspecified atom stereocenters. The molecule has 1 aliphatic heterocycles. The van der Waals surface area contributed by atoms with E-state index in [1.807, 2.05) is 24.3 Å². The summed E-state index contributed by atoms with van der Waals surface area (Å²) in [4.78, 5) is 12.6. The fourth-order valence-corrected chi connectivity index (χ4v) is 5.13. The fraction of sp³-hybridized carbons (Fsp3) is 0.250. The van der Waals surface area contributed by atoms with Gasteiger partial charge in [0.1, 0.15) is 6.10 Å². The number of aromatic nitrogens is 2. The predicted molar refractivity (Wildman–Crippen MR) is 122 cm³/mol. The van der Waals surface area contributed by atoms with Gasteiger partial charge in [-0.05, 0) is 34.7 Å². The van der Waals surface area contributed by atoms with Crippen molar-refractivity contribution in [2.75, 3.05) is 7.11 Å². The first-order chi connectivity index (χ1) is 14.7. The average Bonchev–Trinajstić information content (AvgIpc) is 3.43. The lowest BCUT2D eigenvalue weighted by atomic mass is 9.91. The first-order valence-corrected chi connectivity index (χ1v) is 11.1. The molecule has 5 rings (SSSR count). The zero-order chi connectivity index (χ0) is 20.5. The quantitative estimate of drug-likeness (QED) is 0.623. The highest BCUT2D eigenvalue weighted by Crippen LogP contribution is 2.37. The Morgan fingerprint density at radius 1 is 1.27 bits per heavy atom. The minimum absolute atomic E-state index is 0.0482. The van der Waals surface area contributed by atoms with Crippen LogP contribution >= 0.6 is 11.8 Å². The lowest BCUT2D eigenvalue weighted by Gasteiger charge is -2.28. The fourth-order valence-electron chi connectivity index (χ4n) is 4.22. The summed E-state index contributed by atoms with van der Waals surface area (Å²) in [6, 6.07) is 14.4. The van der Waals surface area contributed by atoms with Crippen molar-refractivity contribution >= 4 is 34.5 Å². The van der Waals surface area contributed by atoms with Gasteiger partial charge in [0.25, 0.3) is 0 Å². The predicted octanol–water partition coefficient (Wildman–Crippen LogP) is 4.84. The molecule has 0 saturated heterocycles. The highest BCUT2D eigenvalue weighted by atomic mass is 32.2. The van der Waals surface area contributed by atoms with Crippen LogP contribution in [-0.4, -0.2) is 34.5 Å². The third kappa shape index (κ3) is 3.57. The Morgan fingerprint density at radius 2 is 2.13 bits per heavy atom. The van der Waals surface area contributed by atoms with Crippen LogP contribution < -0.4 is 5.32 Å². The molecule has 6 heteroatoms. The van der Waals surface area contributed by atoms with Gasteiger partial charge in [0.05, 0.1) is 17.4 Å². The topological polar surface area (TPSA) is 67.0 Å². The molecule has 0 saturated carbocycles. The van der Waals surface area contributed by atoms with Crippen molar-refractivity contribution < 1.29 is 9.53 Å². The molecular formula is C24H23N3O2S. The third-order valence-electron chi connectivity index (χ3n) is 5.70. The van der Waals surface area contributed by atoms with Crippen LogP contribution in [0.2, 0.25) is 0 Å². The molecule has 3 aromatic rings. The number of thioether (sulfide) groups is 1. The lowest BCUT2D eigenvalue weighted by Crippen LogP contribution is -2.40. The molecule has 1 amide bonds. The number of carbonyl (C=O) groups excluding carboxylic acids is 1. The van der Waals surface area contributed by atoms with Crippen molar-refractivity contribution in [3.63, 3.8) is 0 Å². The Balaban J connectivity index is 1.43. The van der Waals surface area contributed by atoms with Gasteiger partial charge >= 0.3 is 0 Å². The summed E-state index contributed by atoms with van der Waals surface area (Å²) in [6.45, 7) is 0. The maximum atomic E-state index is 12.6. The van der Waals surface area contributed by atoms with Gasteiger partial charge in [0.2, 0.25) is 5.91 Å². The lowest BCUT2D eigenvalue weighted by molar-refractivity contribution is -0.122. The van der Waals surface area contributed by atoms with E-state index < -0.39 is 0 Å². The maximum Gasteiger partial charge on any atom is 0.221 e. The number of carbonyl (C=O) groups is 1. The molecule has 1 aromatic heterocycles. The molecule has 0 radical (unpaired) electrons. The summed E-state index contributed by atoms with van der Waals surface area (Å²) in [5.74, 6) is 0.0482. The molecule has 2 aliphatic rings. The number of rotatable bonds is 5. The Bertz CT molecular complexity index is 1140. The number of nitrogens with zero attached hydrogens (tertiary/aromatic N) is 1. The van der Waals surface area contributed by atoms with E-state index in [1.165, 1.54) is 10.8 Å². The van der Waals surface area contributed by atoms with Gasteiger partial charge in [-0.1, -0.05) is 48.6 Å². The SMILES string of the molecule is COC1c2c(-c3ccc4ccccc4c3)n[nH]c2C=CC1NC(=O)CC1CC=CS1. The van der Waals surface area contributed by atoms with E-state index in [0.29, 0.717) is 11.7 Å². The number of fused-ring (bicyclic) bond motifs is 2. The van der Waals surface area contributed by atoms with Gasteiger partial charge in [0.15, 0.2) is 0 Å². The second kappa shape index (κ2) is 8.13. The van der Waals surface area contributed by atoms with Crippen molar-refractivity contribution in [2.45, 2.75) is 30.2 Å². The van der Waals surface area contributed by atoms with E-state index in [0.717, 1.165) is 28.9 Å². The highest BCUT2D eigenvalue weighted by Gasteiger charge is 2.32. The van der Waals surface area contributed by atoms with Crippen LogP contribution in [0.5, 0.6) is 0 Å². The molecular weight excluding hydrogens is 394 g/mol. The van der Waals surface area contributed by atoms with Gasteiger partial charge in [-0.15, -0.1) is 11.8 Å². The smallest absolute Gasteiger partial charge is 0.221 e. The van der Waals surface area contributed by atoms with Crippen molar-refractivity contribution in [1.82, 2.24) is 15.5 Å². The molecule has 1 aliphatic carbocycles. The minimum atomic E-state index is -0.302. The second-order valence-corrected chi connectivity index (χ2v) is 8.85. The van der Waals surface area contributed by atoms with Crippen LogP contribution in [0.1, 0.15) is 30.2 Å². The molecule has 2 aromatic carbocycles. The Kier molecular flexibility index (Phi) is 5.19. The number of allylic oxidation sites excluding steroid dienone is 1. The van der Waals surface area contributed by atoms with Crippen LogP contribution in [0, 0.1) is 0 Å². The number of aromatic amines is 1. The van der Waals surface area contributed by atoms with Gasteiger partial charge in [-0.3, -0.25) is 9.89 Å². The number of methoxy groups -OCH3 is 1. The van der Waals surface area contributed by atoms with Crippen LogP contribution in [0.25, 0.3) is 28.1 Å². The second-order valence-electron chi connectivity index (χ2n) is 7.64. The first kappa shape index (κ1) is 19.2. The van der Waals surface area contributed by atoms with Crippen LogP contribution in [0.3, 0.4) is 0 Å². The molecule has 30 heavy (non-hydrogen) atoms. The minimum Gasteiger partial charge on any atom is -0.374 e. The molecule has 0 bridgehead atoms. The molecule has 0 fully saturated rings. The van der Waals surface area contributed by atoms with E-state index in [1.54, 1.807) is 18.9 Å². The Hall–Kier alpha value is -2.83. The van der Waals surface area contributed by atoms with Gasteiger partial charge in [-0.2, -0.15) is 5.10 Å². The van der Waals surface area contributed by atoms with E-state index in [4.69, 9.17) is 4.74 Å². The largest absolute Gasteiger partial charge is 0.374 e. The van der Waals surface area contributed by atoms with Crippen LogP contribution in [0.4, 0.5) is 0 Å². The summed E-state index contributed by atoms with van der Waals surface area (Å²) in [5.41, 5.74) is 3.80. The highest BCUT2D eigenvalue weighted by molar-refractivity contribution is 8.03. The normalized spacial score (nSPS) is 22.4. The van der Waals surface area contributed by atoms with Gasteiger partial charge < -0.3 is 10.1 Å². The number of hydrogen-bond donors (Lipinski definition) is 2. The summed E-state index contributed by atoms with van der Waals surface area (Å²) < 4.78 is 5.87. The van der Waals surface area contributed by atoms with Crippen molar-refractivity contribution in [2.24, 2.45) is 0 Å². The van der Waals surface area contributed by atoms with Crippen molar-refractivity contribution in [3.8, 4) is 11.3 Å². The van der Waals surface area contributed by atoms with Gasteiger partial charge in [-0.25, -0.2) is 0 Å². The Labute approximate surface area is 179 Å². The number of hydrogen-bond acceptors (Lipinski definition) is 4. The van der Waals surface area contributed by atoms with Crippen LogP contribution in [-0.2, 0) is 9.53 Å². The maximum absolute atomic E-state index is 12.6. The first-order valence-electron chi connectivity index (χ1n) is 10.1. The molecule has 5 nitrogen and oxygen atoms in total. The van der Waals surface area contributed by atoms with E-state index in [-0.39, 0.29) is 18.1 Å². The number of benzene rings is 2. The van der Waals surface area contributed by atoms with Gasteiger partial charge in [0, 0.05) is 29.9 Å². The molecule has 3 atom stereocenters. The summed E-state index contributed by atoms with van der Waals surface area (Å²) in [6.07, 6.45) is 7.24. The molecule has 2 N–H and O–H groups in total. The Morgan fingerprint density at radius 3 is 2.93 bits per heavy atom. The zero-order valence-electron chi connectivity index (χ0n) is 16.7. The summed E-state index contributed by atoms with van der Waals surface area (Å²) in [7, 11) is 1.68. The zero-order valence-corrected chi connectivity index (χ0v) is 17.5. The molecule has 2 heterocycles. The van der Waals surface area contributed by atoms with Crippen molar-refractivity contribution in [1.29, 1.82) is 0 Å².